The molecule has 4 heteroatoms. The fraction of sp³-hybridized carbons (Fsp3) is 0.538. The number of nitrogens with zero attached hydrogens (tertiary/aromatic N) is 2. The monoisotopic (exact) mass is 255 g/mol. The molecular weight excluding hydrogens is 234 g/mol. The average molecular weight is 256 g/mol. The molecular formula is C13H22ClN3. The molecule has 1 aromatic carbocycles. The summed E-state index contributed by atoms with van der Waals surface area (Å²) < 4.78 is 0. The normalized spacial score (nSPS) is 10.9. The third kappa shape index (κ3) is 4.44. The third-order valence-electron chi connectivity index (χ3n) is 2.64. The second kappa shape index (κ2) is 6.72. The molecule has 0 radical (unpaired) electrons. The summed E-state index contributed by atoms with van der Waals surface area (Å²) in [5, 5.41) is 0.736. The van der Waals surface area contributed by atoms with E-state index in [4.69, 9.17) is 17.3 Å². The van der Waals surface area contributed by atoms with E-state index in [0.717, 1.165) is 42.5 Å². The number of hydrogen-bond acceptors (Lipinski definition) is 3. The van der Waals surface area contributed by atoms with Crippen LogP contribution >= 0.6 is 11.6 Å². The standard InChI is InChI=1S/C13H22ClN3/c1-4-7-17(9-8-16(2)3)13-10-11(14)5-6-12(13)15/h5-6,10H,4,7-9,15H2,1-3H3. The van der Waals surface area contributed by atoms with Crippen molar-refractivity contribution in [3.05, 3.63) is 23.2 Å². The number of likely N-dealkylation sites (N-methyl/N-ethyl adjacent to an activating group) is 1. The Labute approximate surface area is 109 Å². The van der Waals surface area contributed by atoms with Crippen LogP contribution in [0.25, 0.3) is 0 Å². The topological polar surface area (TPSA) is 32.5 Å². The zero-order valence-corrected chi connectivity index (χ0v) is 11.7. The summed E-state index contributed by atoms with van der Waals surface area (Å²) in [5.74, 6) is 0. The van der Waals surface area contributed by atoms with Crippen LogP contribution in [0.5, 0.6) is 0 Å². The molecule has 0 amide bonds. The Morgan fingerprint density at radius 3 is 2.47 bits per heavy atom. The van der Waals surface area contributed by atoms with E-state index in [1.54, 1.807) is 0 Å². The van der Waals surface area contributed by atoms with Crippen LogP contribution in [0.4, 0.5) is 11.4 Å². The molecule has 96 valence electrons. The highest BCUT2D eigenvalue weighted by Crippen LogP contribution is 2.26. The van der Waals surface area contributed by atoms with E-state index in [-0.39, 0.29) is 0 Å². The lowest BCUT2D eigenvalue weighted by Gasteiger charge is -2.27. The van der Waals surface area contributed by atoms with Gasteiger partial charge in [-0.05, 0) is 38.7 Å². The molecule has 0 saturated carbocycles. The van der Waals surface area contributed by atoms with Crippen LogP contribution in [-0.4, -0.2) is 38.6 Å². The molecule has 0 bridgehead atoms. The summed E-state index contributed by atoms with van der Waals surface area (Å²) in [5.41, 5.74) is 7.85. The van der Waals surface area contributed by atoms with Gasteiger partial charge in [0.1, 0.15) is 0 Å². The summed E-state index contributed by atoms with van der Waals surface area (Å²) in [6, 6.07) is 5.65. The average Bonchev–Trinajstić information content (AvgIpc) is 2.27. The lowest BCUT2D eigenvalue weighted by Crippen LogP contribution is -2.32. The molecule has 0 atom stereocenters. The van der Waals surface area contributed by atoms with Crippen LogP contribution in [0.2, 0.25) is 5.02 Å². The van der Waals surface area contributed by atoms with Crippen molar-refractivity contribution in [2.24, 2.45) is 0 Å². The molecule has 0 saturated heterocycles. The molecule has 0 aliphatic heterocycles. The van der Waals surface area contributed by atoms with Crippen molar-refractivity contribution in [2.45, 2.75) is 13.3 Å². The molecule has 2 N–H and O–H groups in total. The molecule has 0 aliphatic carbocycles. The van der Waals surface area contributed by atoms with Gasteiger partial charge in [0.05, 0.1) is 11.4 Å². The van der Waals surface area contributed by atoms with Crippen molar-refractivity contribution in [1.82, 2.24) is 4.90 Å². The molecule has 0 spiro atoms. The quantitative estimate of drug-likeness (QED) is 0.794. The van der Waals surface area contributed by atoms with Crippen LogP contribution in [0.1, 0.15) is 13.3 Å². The maximum absolute atomic E-state index is 6.03. The van der Waals surface area contributed by atoms with Crippen LogP contribution < -0.4 is 10.6 Å². The maximum Gasteiger partial charge on any atom is 0.0615 e. The zero-order valence-electron chi connectivity index (χ0n) is 10.9. The van der Waals surface area contributed by atoms with Crippen LogP contribution in [0.15, 0.2) is 18.2 Å². The van der Waals surface area contributed by atoms with Gasteiger partial charge in [0.25, 0.3) is 0 Å². The minimum Gasteiger partial charge on any atom is -0.397 e. The lowest BCUT2D eigenvalue weighted by molar-refractivity contribution is 0.413. The largest absolute Gasteiger partial charge is 0.397 e. The summed E-state index contributed by atoms with van der Waals surface area (Å²) in [6.07, 6.45) is 1.10. The molecule has 1 rings (SSSR count). The van der Waals surface area contributed by atoms with Crippen molar-refractivity contribution >= 4 is 23.0 Å². The van der Waals surface area contributed by atoms with Gasteiger partial charge in [0.2, 0.25) is 0 Å². The molecule has 0 fully saturated rings. The fourth-order valence-electron chi connectivity index (χ4n) is 1.73. The number of rotatable bonds is 6. The first-order valence-electron chi connectivity index (χ1n) is 5.99. The van der Waals surface area contributed by atoms with Crippen LogP contribution in [0, 0.1) is 0 Å². The SMILES string of the molecule is CCCN(CCN(C)C)c1cc(Cl)ccc1N. The first kappa shape index (κ1) is 14.1. The summed E-state index contributed by atoms with van der Waals surface area (Å²) in [6.45, 7) is 5.14. The Kier molecular flexibility index (Phi) is 5.59. The van der Waals surface area contributed by atoms with Crippen molar-refractivity contribution < 1.29 is 0 Å². The van der Waals surface area contributed by atoms with Gasteiger partial charge >= 0.3 is 0 Å². The van der Waals surface area contributed by atoms with Crippen LogP contribution in [0.3, 0.4) is 0 Å². The fourth-order valence-corrected chi connectivity index (χ4v) is 1.90. The van der Waals surface area contributed by atoms with Gasteiger partial charge in [-0.1, -0.05) is 18.5 Å². The number of nitrogen functional groups attached to an aromatic ring is 1. The number of hydrogen-bond donors (Lipinski definition) is 1. The van der Waals surface area contributed by atoms with Crippen LogP contribution in [-0.2, 0) is 0 Å². The van der Waals surface area contributed by atoms with E-state index in [1.165, 1.54) is 0 Å². The molecule has 0 unspecified atom stereocenters. The van der Waals surface area contributed by atoms with Crippen molar-refractivity contribution in [1.29, 1.82) is 0 Å². The Bertz CT molecular complexity index is 353. The van der Waals surface area contributed by atoms with Gasteiger partial charge in [-0.3, -0.25) is 0 Å². The molecule has 3 nitrogen and oxygen atoms in total. The molecule has 0 heterocycles. The predicted molar refractivity (Wildman–Crippen MR) is 76.9 cm³/mol. The van der Waals surface area contributed by atoms with E-state index >= 15 is 0 Å². The van der Waals surface area contributed by atoms with Gasteiger partial charge in [-0.2, -0.15) is 0 Å². The first-order valence-corrected chi connectivity index (χ1v) is 6.37. The first-order chi connectivity index (χ1) is 8.04. The van der Waals surface area contributed by atoms with E-state index in [1.807, 2.05) is 18.2 Å². The number of benzene rings is 1. The predicted octanol–water partition coefficient (Wildman–Crippen LogP) is 2.70. The van der Waals surface area contributed by atoms with Gasteiger partial charge in [-0.15, -0.1) is 0 Å². The summed E-state index contributed by atoms with van der Waals surface area (Å²) in [7, 11) is 4.15. The van der Waals surface area contributed by atoms with E-state index in [2.05, 4.69) is 30.8 Å². The minimum absolute atomic E-state index is 0.736. The maximum atomic E-state index is 6.03. The zero-order chi connectivity index (χ0) is 12.8. The summed E-state index contributed by atoms with van der Waals surface area (Å²) >= 11 is 6.03. The Morgan fingerprint density at radius 1 is 1.18 bits per heavy atom. The minimum atomic E-state index is 0.736. The number of anilines is 2. The Balaban J connectivity index is 2.84. The second-order valence-electron chi connectivity index (χ2n) is 4.49. The number of nitrogens with two attached hydrogens (primary N) is 1. The Morgan fingerprint density at radius 2 is 1.88 bits per heavy atom. The lowest BCUT2D eigenvalue weighted by atomic mass is 10.2. The van der Waals surface area contributed by atoms with Gasteiger partial charge < -0.3 is 15.5 Å². The Hall–Kier alpha value is -0.930. The molecule has 17 heavy (non-hydrogen) atoms. The van der Waals surface area contributed by atoms with Gasteiger partial charge in [-0.25, -0.2) is 0 Å². The molecule has 1 aromatic rings. The summed E-state index contributed by atoms with van der Waals surface area (Å²) in [4.78, 5) is 4.46. The van der Waals surface area contributed by atoms with E-state index in [0.29, 0.717) is 0 Å². The van der Waals surface area contributed by atoms with E-state index < -0.39 is 0 Å². The molecule has 0 aliphatic rings. The van der Waals surface area contributed by atoms with Gasteiger partial charge in [0.15, 0.2) is 0 Å². The van der Waals surface area contributed by atoms with Crippen molar-refractivity contribution in [2.75, 3.05) is 44.4 Å². The van der Waals surface area contributed by atoms with Crippen molar-refractivity contribution in [3.8, 4) is 0 Å². The molecule has 0 aromatic heterocycles. The highest BCUT2D eigenvalue weighted by molar-refractivity contribution is 6.31. The highest BCUT2D eigenvalue weighted by atomic mass is 35.5. The highest BCUT2D eigenvalue weighted by Gasteiger charge is 2.09. The second-order valence-corrected chi connectivity index (χ2v) is 4.93. The smallest absolute Gasteiger partial charge is 0.0615 e. The van der Waals surface area contributed by atoms with E-state index in [9.17, 15) is 0 Å². The third-order valence-corrected chi connectivity index (χ3v) is 2.88. The van der Waals surface area contributed by atoms with Crippen molar-refractivity contribution in [3.63, 3.8) is 0 Å². The van der Waals surface area contributed by atoms with Gasteiger partial charge in [0, 0.05) is 24.7 Å². The number of halogens is 1.